The van der Waals surface area contributed by atoms with Gasteiger partial charge >= 0.3 is 0 Å². The minimum Gasteiger partial charge on any atom is -0.372 e. The van der Waals surface area contributed by atoms with Gasteiger partial charge in [-0.2, -0.15) is 8.42 Å². The van der Waals surface area contributed by atoms with E-state index in [-0.39, 0.29) is 22.8 Å². The van der Waals surface area contributed by atoms with E-state index in [9.17, 15) is 18.5 Å². The van der Waals surface area contributed by atoms with E-state index in [1.54, 1.807) is 0 Å². The lowest BCUT2D eigenvalue weighted by Crippen LogP contribution is -2.28. The van der Waals surface area contributed by atoms with Crippen molar-refractivity contribution in [3.63, 3.8) is 0 Å². The van der Waals surface area contributed by atoms with Crippen LogP contribution in [0, 0.1) is 10.1 Å². The molecule has 108 valence electrons. The Bertz CT molecular complexity index is 626. The van der Waals surface area contributed by atoms with E-state index in [1.807, 2.05) is 0 Å². The number of benzene rings is 1. The van der Waals surface area contributed by atoms with Crippen LogP contribution in [0.4, 0.5) is 5.69 Å². The average molecular weight is 299 g/mol. The Balaban J connectivity index is 1.76. The summed E-state index contributed by atoms with van der Waals surface area (Å²) in [5.41, 5.74) is -0.160. The second-order valence-electron chi connectivity index (χ2n) is 4.95. The number of hydrogen-bond donors (Lipinski definition) is 0. The molecule has 0 aromatic heterocycles. The van der Waals surface area contributed by atoms with Crippen LogP contribution in [0.1, 0.15) is 19.3 Å². The van der Waals surface area contributed by atoms with Crippen molar-refractivity contribution in [2.75, 3.05) is 0 Å². The number of hydrogen-bond acceptors (Lipinski definition) is 6. The fourth-order valence-corrected chi connectivity index (χ4v) is 3.75. The largest absolute Gasteiger partial charge is 0.372 e. The van der Waals surface area contributed by atoms with E-state index in [4.69, 9.17) is 8.92 Å². The summed E-state index contributed by atoms with van der Waals surface area (Å²) >= 11 is 0. The van der Waals surface area contributed by atoms with Crippen LogP contribution >= 0.6 is 0 Å². The number of nitro benzene ring substituents is 1. The van der Waals surface area contributed by atoms with Gasteiger partial charge in [0.05, 0.1) is 22.0 Å². The van der Waals surface area contributed by atoms with Gasteiger partial charge < -0.3 is 4.74 Å². The number of rotatable bonds is 4. The topological polar surface area (TPSA) is 95.7 Å². The number of non-ortho nitro benzene ring substituents is 1. The summed E-state index contributed by atoms with van der Waals surface area (Å²) in [4.78, 5) is 9.88. The number of ether oxygens (including phenoxy) is 1. The Morgan fingerprint density at radius 3 is 2.45 bits per heavy atom. The number of nitrogens with zero attached hydrogens (tertiary/aromatic N) is 1. The van der Waals surface area contributed by atoms with Crippen LogP contribution in [0.15, 0.2) is 29.2 Å². The zero-order chi connectivity index (χ0) is 14.3. The first kappa shape index (κ1) is 13.5. The Labute approximate surface area is 115 Å². The van der Waals surface area contributed by atoms with Gasteiger partial charge in [-0.3, -0.25) is 14.3 Å². The molecule has 3 atom stereocenters. The molecule has 0 amide bonds. The molecular formula is C12H13NO6S. The third-order valence-corrected chi connectivity index (χ3v) is 4.99. The molecular weight excluding hydrogens is 286 g/mol. The predicted octanol–water partition coefficient (Wildman–Crippen LogP) is 1.62. The maximum absolute atomic E-state index is 12.1. The summed E-state index contributed by atoms with van der Waals surface area (Å²) in [5.74, 6) is 0. The van der Waals surface area contributed by atoms with Crippen molar-refractivity contribution < 1.29 is 22.3 Å². The van der Waals surface area contributed by atoms with Crippen LogP contribution in [-0.2, 0) is 19.0 Å². The van der Waals surface area contributed by atoms with Gasteiger partial charge in [0.2, 0.25) is 0 Å². The van der Waals surface area contributed by atoms with Crippen LogP contribution in [0.25, 0.3) is 0 Å². The van der Waals surface area contributed by atoms with Crippen molar-refractivity contribution in [3.8, 4) is 0 Å². The minimum atomic E-state index is -3.91. The van der Waals surface area contributed by atoms with E-state index in [0.29, 0.717) is 6.42 Å². The summed E-state index contributed by atoms with van der Waals surface area (Å²) < 4.78 is 34.9. The standard InChI is InChI=1S/C12H13NO6S/c14-13(15)8-1-4-10(5-2-8)20(16,17)19-12-7-9-3-6-11(12)18-9/h1-2,4-5,9,11-12H,3,6-7H2/t9-,11+,12+/m1/s1. The molecule has 0 saturated carbocycles. The summed E-state index contributed by atoms with van der Waals surface area (Å²) in [6, 6.07) is 4.66. The summed E-state index contributed by atoms with van der Waals surface area (Å²) in [6.07, 6.45) is 1.82. The molecule has 3 rings (SSSR count). The van der Waals surface area contributed by atoms with Crippen LogP contribution in [-0.4, -0.2) is 31.7 Å². The molecule has 20 heavy (non-hydrogen) atoms. The molecule has 2 bridgehead atoms. The van der Waals surface area contributed by atoms with Crippen molar-refractivity contribution in [1.29, 1.82) is 0 Å². The highest BCUT2D eigenvalue weighted by molar-refractivity contribution is 7.86. The van der Waals surface area contributed by atoms with E-state index in [0.717, 1.165) is 25.0 Å². The van der Waals surface area contributed by atoms with Gasteiger partial charge in [-0.25, -0.2) is 0 Å². The third-order valence-electron chi connectivity index (χ3n) is 3.64. The molecule has 2 fully saturated rings. The highest BCUT2D eigenvalue weighted by Gasteiger charge is 2.43. The molecule has 0 spiro atoms. The Kier molecular flexibility index (Phi) is 3.23. The molecule has 1 aromatic rings. The van der Waals surface area contributed by atoms with E-state index >= 15 is 0 Å². The van der Waals surface area contributed by atoms with Gasteiger partial charge in [0.25, 0.3) is 15.8 Å². The quantitative estimate of drug-likeness (QED) is 0.476. The summed E-state index contributed by atoms with van der Waals surface area (Å²) in [7, 11) is -3.91. The Morgan fingerprint density at radius 2 is 1.95 bits per heavy atom. The number of nitro groups is 1. The van der Waals surface area contributed by atoms with Crippen molar-refractivity contribution in [3.05, 3.63) is 34.4 Å². The van der Waals surface area contributed by atoms with Gasteiger partial charge in [0.1, 0.15) is 6.10 Å². The third kappa shape index (κ3) is 2.41. The summed E-state index contributed by atoms with van der Waals surface area (Å²) in [5, 5.41) is 10.5. The zero-order valence-corrected chi connectivity index (χ0v) is 11.3. The average Bonchev–Trinajstić information content (AvgIpc) is 3.00. The van der Waals surface area contributed by atoms with E-state index in [2.05, 4.69) is 0 Å². The molecule has 1 aromatic carbocycles. The van der Waals surface area contributed by atoms with Crippen LogP contribution in [0.2, 0.25) is 0 Å². The SMILES string of the molecule is O=[N+]([O-])c1ccc(S(=O)(=O)O[C@H]2C[C@H]3CC[C@@H]2O3)cc1. The van der Waals surface area contributed by atoms with Crippen molar-refractivity contribution in [2.24, 2.45) is 0 Å². The Hall–Kier alpha value is -1.51. The van der Waals surface area contributed by atoms with Crippen LogP contribution in [0.3, 0.4) is 0 Å². The van der Waals surface area contributed by atoms with Crippen molar-refractivity contribution >= 4 is 15.8 Å². The van der Waals surface area contributed by atoms with Crippen LogP contribution in [0.5, 0.6) is 0 Å². The van der Waals surface area contributed by atoms with Gasteiger partial charge in [-0.15, -0.1) is 0 Å². The first-order valence-corrected chi connectivity index (χ1v) is 7.70. The predicted molar refractivity (Wildman–Crippen MR) is 67.7 cm³/mol. The minimum absolute atomic E-state index is 0.0779. The lowest BCUT2D eigenvalue weighted by Gasteiger charge is -2.18. The molecule has 8 heteroatoms. The van der Waals surface area contributed by atoms with Gasteiger partial charge in [0.15, 0.2) is 0 Å². The zero-order valence-electron chi connectivity index (χ0n) is 10.5. The highest BCUT2D eigenvalue weighted by atomic mass is 32.2. The first-order chi connectivity index (χ1) is 9.45. The maximum atomic E-state index is 12.1. The first-order valence-electron chi connectivity index (χ1n) is 6.29. The monoisotopic (exact) mass is 299 g/mol. The maximum Gasteiger partial charge on any atom is 0.297 e. The molecule has 2 saturated heterocycles. The molecule has 7 nitrogen and oxygen atoms in total. The summed E-state index contributed by atoms with van der Waals surface area (Å²) in [6.45, 7) is 0. The molecule has 0 N–H and O–H groups in total. The molecule has 2 aliphatic rings. The molecule has 0 unspecified atom stereocenters. The molecule has 2 heterocycles. The smallest absolute Gasteiger partial charge is 0.297 e. The van der Waals surface area contributed by atoms with Crippen LogP contribution < -0.4 is 0 Å². The highest BCUT2D eigenvalue weighted by Crippen LogP contribution is 2.37. The van der Waals surface area contributed by atoms with E-state index < -0.39 is 21.1 Å². The lowest BCUT2D eigenvalue weighted by atomic mass is 9.98. The second-order valence-corrected chi connectivity index (χ2v) is 6.52. The fourth-order valence-electron chi connectivity index (χ4n) is 2.65. The van der Waals surface area contributed by atoms with Gasteiger partial charge in [-0.05, 0) is 25.0 Å². The van der Waals surface area contributed by atoms with Gasteiger partial charge in [-0.1, -0.05) is 0 Å². The lowest BCUT2D eigenvalue weighted by molar-refractivity contribution is -0.384. The fraction of sp³-hybridized carbons (Fsp3) is 0.500. The van der Waals surface area contributed by atoms with E-state index in [1.165, 1.54) is 12.1 Å². The van der Waals surface area contributed by atoms with Gasteiger partial charge in [0, 0.05) is 18.6 Å². The number of fused-ring (bicyclic) bond motifs is 2. The van der Waals surface area contributed by atoms with Crippen molar-refractivity contribution in [1.82, 2.24) is 0 Å². The van der Waals surface area contributed by atoms with Crippen molar-refractivity contribution in [2.45, 2.75) is 42.5 Å². The molecule has 2 aliphatic heterocycles. The Morgan fingerprint density at radius 1 is 1.25 bits per heavy atom. The normalized spacial score (nSPS) is 28.7. The second kappa shape index (κ2) is 4.80. The molecule has 0 radical (unpaired) electrons. The molecule has 0 aliphatic carbocycles.